The third-order valence-corrected chi connectivity index (χ3v) is 14.3. The van der Waals surface area contributed by atoms with Gasteiger partial charge in [-0.3, -0.25) is 86.7 Å². The summed E-state index contributed by atoms with van der Waals surface area (Å²) in [6.07, 6.45) is -8.00. The maximum Gasteiger partial charge on any atom is 0.327 e. The Hall–Kier alpha value is -9.85. The molecule has 0 aromatic rings. The second-order valence-corrected chi connectivity index (χ2v) is 22.1. The van der Waals surface area contributed by atoms with Crippen LogP contribution >= 0.6 is 21.6 Å². The van der Waals surface area contributed by atoms with E-state index in [4.69, 9.17) is 44.6 Å². The van der Waals surface area contributed by atoms with Crippen LogP contribution in [-0.2, 0) is 81.5 Å². The molecule has 0 radical (unpaired) electrons. The Bertz CT molecular complexity index is 2680. The smallest absolute Gasteiger partial charge is 0.327 e. The van der Waals surface area contributed by atoms with Crippen LogP contribution in [0.15, 0.2) is 9.98 Å². The number of hydrogen-bond donors (Lipinski definition) is 23. The summed E-state index contributed by atoms with van der Waals surface area (Å²) in [6.45, 7) is -0.518. The minimum absolute atomic E-state index is 0.0378. The minimum atomic E-state index is -2.22. The molecule has 0 aliphatic carbocycles. The Morgan fingerprint density at radius 2 is 0.674 bits per heavy atom. The zero-order valence-electron chi connectivity index (χ0n) is 49.0. The molecule has 92 heavy (non-hydrogen) atoms. The number of unbranched alkanes of at least 4 members (excludes halogenated alkanes) is 1. The van der Waals surface area contributed by atoms with Crippen molar-refractivity contribution in [1.82, 2.24) is 53.2 Å². The van der Waals surface area contributed by atoms with Gasteiger partial charge in [0.05, 0.1) is 50.6 Å². The fourth-order valence-corrected chi connectivity index (χ4v) is 9.50. The first-order chi connectivity index (χ1) is 43.1. The number of carboxylic acid groups (broad SMARTS) is 7. The van der Waals surface area contributed by atoms with Crippen LogP contribution in [0.5, 0.6) is 0 Å². The molecule has 42 nitrogen and oxygen atoms in total. The summed E-state index contributed by atoms with van der Waals surface area (Å²) in [6, 6.07) is -18.7. The van der Waals surface area contributed by atoms with Gasteiger partial charge in [-0.2, -0.15) is 0 Å². The number of amides is 10. The number of nitrogens with one attached hydrogen (secondary N) is 10. The molecule has 0 spiro atoms. The summed E-state index contributed by atoms with van der Waals surface area (Å²) in [5.41, 5.74) is 32.5. The van der Waals surface area contributed by atoms with Crippen molar-refractivity contribution >= 4 is 135 Å². The monoisotopic (exact) mass is 1350 g/mol. The summed E-state index contributed by atoms with van der Waals surface area (Å²) in [4.78, 5) is 222. The maximum absolute atomic E-state index is 14.0. The molecule has 0 rings (SSSR count). The zero-order chi connectivity index (χ0) is 70.2. The van der Waals surface area contributed by atoms with E-state index in [-0.39, 0.29) is 81.6 Å². The van der Waals surface area contributed by atoms with Gasteiger partial charge in [-0.25, -0.2) is 4.79 Å². The van der Waals surface area contributed by atoms with Gasteiger partial charge < -0.3 is 123 Å². The molecule has 0 bridgehead atoms. The number of carbonyl (C=O) groups excluding carboxylic acids is 10. The molecule has 0 aliphatic heterocycles. The summed E-state index contributed by atoms with van der Waals surface area (Å²) in [7, 11) is 2.04. The van der Waals surface area contributed by atoms with Crippen molar-refractivity contribution < 1.29 is 117 Å². The Morgan fingerprint density at radius 1 is 0.370 bits per heavy atom. The van der Waals surface area contributed by atoms with Crippen molar-refractivity contribution in [2.24, 2.45) is 44.4 Å². The van der Waals surface area contributed by atoms with E-state index >= 15 is 0 Å². The average Bonchev–Trinajstić information content (AvgIpc) is 1.27. The number of nitrogens with zero attached hydrogens (tertiary/aromatic N) is 2. The lowest BCUT2D eigenvalue weighted by Gasteiger charge is -2.26. The molecule has 29 N–H and O–H groups in total. The van der Waals surface area contributed by atoms with Crippen LogP contribution in [0, 0.1) is 0 Å². The molecule has 0 saturated heterocycles. The van der Waals surface area contributed by atoms with Crippen molar-refractivity contribution in [3.05, 3.63) is 0 Å². The zero-order valence-corrected chi connectivity index (χ0v) is 50.7. The van der Waals surface area contributed by atoms with E-state index in [0.29, 0.717) is 6.41 Å². The summed E-state index contributed by atoms with van der Waals surface area (Å²) < 4.78 is 0. The quantitative estimate of drug-likeness (QED) is 0.00884. The van der Waals surface area contributed by atoms with Crippen molar-refractivity contribution in [2.75, 3.05) is 37.7 Å². The van der Waals surface area contributed by atoms with Gasteiger partial charge >= 0.3 is 41.8 Å². The van der Waals surface area contributed by atoms with Crippen molar-refractivity contribution in [3.63, 3.8) is 0 Å². The fraction of sp³-hybridized carbons (Fsp3) is 0.604. The molecule has 0 aromatic carbocycles. The lowest BCUT2D eigenvalue weighted by molar-refractivity contribution is -0.144. The largest absolute Gasteiger partial charge is 0.481 e. The molecule has 516 valence electrons. The van der Waals surface area contributed by atoms with Crippen LogP contribution < -0.4 is 87.6 Å². The normalized spacial score (nSPS) is 13.9. The van der Waals surface area contributed by atoms with Crippen molar-refractivity contribution in [3.8, 4) is 0 Å². The van der Waals surface area contributed by atoms with Gasteiger partial charge in [0.15, 0.2) is 11.9 Å². The number of hydrogen-bond acceptors (Lipinski definition) is 23. The van der Waals surface area contributed by atoms with E-state index < -0.39 is 207 Å². The summed E-state index contributed by atoms with van der Waals surface area (Å²) >= 11 is 0. The van der Waals surface area contributed by atoms with Crippen LogP contribution in [0.2, 0.25) is 0 Å². The van der Waals surface area contributed by atoms with Gasteiger partial charge in [0.25, 0.3) is 0 Å². The van der Waals surface area contributed by atoms with Crippen molar-refractivity contribution in [2.45, 2.75) is 144 Å². The second kappa shape index (κ2) is 44.6. The molecule has 1 unspecified atom stereocenters. The van der Waals surface area contributed by atoms with E-state index in [9.17, 15) is 107 Å². The van der Waals surface area contributed by atoms with Gasteiger partial charge in [-0.1, -0.05) is 21.6 Å². The van der Waals surface area contributed by atoms with Gasteiger partial charge in [0, 0.05) is 37.7 Å². The van der Waals surface area contributed by atoms with Crippen LogP contribution in [0.25, 0.3) is 0 Å². The Balaban J connectivity index is 6.87. The second-order valence-electron chi connectivity index (χ2n) is 19.5. The minimum Gasteiger partial charge on any atom is -0.481 e. The highest BCUT2D eigenvalue weighted by molar-refractivity contribution is 8.76. The molecule has 10 amide bonds. The molecule has 0 heterocycles. The molecule has 0 fully saturated rings. The summed E-state index contributed by atoms with van der Waals surface area (Å²) in [5.74, 6) is -24.0. The fourth-order valence-electron chi connectivity index (χ4n) is 7.42. The van der Waals surface area contributed by atoms with Crippen LogP contribution in [0.3, 0.4) is 0 Å². The van der Waals surface area contributed by atoms with E-state index in [1.165, 1.54) is 0 Å². The Kier molecular flexibility index (Phi) is 39.8. The van der Waals surface area contributed by atoms with Gasteiger partial charge in [-0.05, 0) is 44.9 Å². The molecule has 0 aromatic heterocycles. The number of carboxylic acids is 7. The van der Waals surface area contributed by atoms with Crippen LogP contribution in [0.4, 0.5) is 0 Å². The van der Waals surface area contributed by atoms with E-state index in [0.717, 1.165) is 21.6 Å². The topological polar surface area (TPSA) is 733 Å². The highest BCUT2D eigenvalue weighted by atomic mass is 33.1. The maximum atomic E-state index is 14.0. The Morgan fingerprint density at radius 3 is 1.00 bits per heavy atom. The molecule has 10 atom stereocenters. The number of nitrogens with two attached hydrogens (primary N) is 6. The number of rotatable bonds is 50. The lowest BCUT2D eigenvalue weighted by atomic mass is 10.1. The third-order valence-electron chi connectivity index (χ3n) is 11.9. The van der Waals surface area contributed by atoms with Gasteiger partial charge in [0.2, 0.25) is 59.6 Å². The Labute approximate surface area is 529 Å². The average molecular weight is 1360 g/mol. The van der Waals surface area contributed by atoms with Crippen molar-refractivity contribution in [1.29, 1.82) is 0 Å². The molecular weight excluding hydrogens is 1280 g/mol. The number of aliphatic imine (C=N–C) groups is 2. The SMILES string of the molecule is NC(N)=NCCC[C@H](NC(=O)[C@@H](N)CC(=O)O)C(=O)N[C@@H](CC(=O)O)C(=O)N[C@@H](CC(=O)O)C(=O)NCCCCC(NC(=O)[C@H](CC(=O)O)NC(=O)[C@H](CC(=O)O)NC(=O)[C@H](CCCN=C(N)N)NC(=O)[C@@H](N)CC(=O)O)C(=O)N[C@H](CSSCCNC=O)C(=O)O. The van der Waals surface area contributed by atoms with E-state index in [1.54, 1.807) is 0 Å². The first kappa shape index (κ1) is 82.1. The van der Waals surface area contributed by atoms with Gasteiger partial charge in [-0.15, -0.1) is 0 Å². The van der Waals surface area contributed by atoms with Crippen LogP contribution in [0.1, 0.15) is 83.5 Å². The number of guanidine groups is 2. The van der Waals surface area contributed by atoms with E-state index in [2.05, 4.69) is 52.5 Å². The first-order valence-electron chi connectivity index (χ1n) is 27.4. The van der Waals surface area contributed by atoms with Crippen LogP contribution in [-0.4, -0.2) is 247 Å². The molecular formula is C48H78N18O24S2. The van der Waals surface area contributed by atoms with E-state index in [1.807, 2.05) is 10.6 Å². The molecule has 0 aliphatic rings. The number of aliphatic carboxylic acids is 7. The molecule has 0 saturated carbocycles. The number of carbonyl (C=O) groups is 17. The predicted octanol–water partition coefficient (Wildman–Crippen LogP) is -10.0. The third kappa shape index (κ3) is 37.2. The van der Waals surface area contributed by atoms with Gasteiger partial charge in [0.1, 0.15) is 48.3 Å². The highest BCUT2D eigenvalue weighted by Crippen LogP contribution is 2.21. The predicted molar refractivity (Wildman–Crippen MR) is 318 cm³/mol. The summed E-state index contributed by atoms with van der Waals surface area (Å²) in [5, 5.41) is 88.4. The highest BCUT2D eigenvalue weighted by Gasteiger charge is 2.36. The lowest BCUT2D eigenvalue weighted by Crippen LogP contribution is -2.60. The standard InChI is InChI=1S/C48H78N18O24S2/c49-21(13-31(68)69)37(80)59-24(6-3-9-57-47(51)52)40(83)63-28(17-35(76)77)44(87)62-26(15-33(72)73)39(82)56-8-2-1-5-23(42(85)66-30(46(89)90)19-92-91-12-11-55-20-67)61-43(86)27(16-34(74)75)65-45(88)29(18-36(78)79)64-41(84)25(7-4-10-58-48(53)54)60-38(81)22(50)14-32(70)71/h20-30H,1-19,49-50H2,(H,55,67)(H,56,82)(H,59,80)(H,60,81)(H,61,86)(H,62,87)(H,63,83)(H,64,84)(H,65,88)(H,66,85)(H,68,69)(H,70,71)(H,72,73)(H,74,75)(H,76,77)(H,78,79)(H,89,90)(H4,51,52,57)(H4,53,54,58)/t21-,22-,23?,24-,25-,26-,27-,28-,29-,30+/m0/s1. The molecule has 44 heteroatoms. The first-order valence-corrected chi connectivity index (χ1v) is 29.8.